The maximum absolute atomic E-state index is 10.4. The molecule has 0 aliphatic heterocycles. The highest BCUT2D eigenvalue weighted by Crippen LogP contribution is 2.53. The number of hydrogen-bond acceptors (Lipinski definition) is 5. The molecule has 2 rings (SSSR count). The van der Waals surface area contributed by atoms with Crippen molar-refractivity contribution < 1.29 is 24.4 Å². The lowest BCUT2D eigenvalue weighted by Crippen LogP contribution is -1.98. The molecular formula is C15H14Br2O5. The lowest BCUT2D eigenvalue weighted by Gasteiger charge is -2.19. The lowest BCUT2D eigenvalue weighted by atomic mass is 10.0. The van der Waals surface area contributed by atoms with E-state index >= 15 is 0 Å². The number of ether oxygens (including phenoxy) is 3. The molecule has 0 radical (unpaired) electrons. The highest BCUT2D eigenvalue weighted by atomic mass is 79.9. The van der Waals surface area contributed by atoms with E-state index in [0.717, 1.165) is 0 Å². The first kappa shape index (κ1) is 16.8. The van der Waals surface area contributed by atoms with E-state index in [9.17, 15) is 10.2 Å². The summed E-state index contributed by atoms with van der Waals surface area (Å²) in [5, 5.41) is 20.6. The molecule has 0 unspecified atom stereocenters. The third-order valence-electron chi connectivity index (χ3n) is 3.09. The second kappa shape index (κ2) is 6.66. The molecule has 0 atom stereocenters. The average Bonchev–Trinajstić information content (AvgIpc) is 2.46. The minimum atomic E-state index is -0.104. The maximum Gasteiger partial charge on any atom is 0.204 e. The van der Waals surface area contributed by atoms with E-state index in [0.29, 0.717) is 31.6 Å². The Balaban J connectivity index is 2.87. The van der Waals surface area contributed by atoms with Gasteiger partial charge in [0.1, 0.15) is 11.5 Å². The van der Waals surface area contributed by atoms with Gasteiger partial charge in [0.05, 0.1) is 26.9 Å². The van der Waals surface area contributed by atoms with Gasteiger partial charge in [0.15, 0.2) is 11.5 Å². The van der Waals surface area contributed by atoms with Crippen molar-refractivity contribution in [2.45, 2.75) is 0 Å². The summed E-state index contributed by atoms with van der Waals surface area (Å²) in [6.45, 7) is 0. The molecule has 0 amide bonds. The van der Waals surface area contributed by atoms with Gasteiger partial charge < -0.3 is 24.4 Å². The number of aromatic hydroxyl groups is 2. The summed E-state index contributed by atoms with van der Waals surface area (Å²) in [6.07, 6.45) is 0. The molecule has 0 aromatic heterocycles. The van der Waals surface area contributed by atoms with Crippen molar-refractivity contribution >= 4 is 31.9 Å². The summed E-state index contributed by atoms with van der Waals surface area (Å²) in [6, 6.07) is 4.69. The first-order valence-electron chi connectivity index (χ1n) is 6.14. The van der Waals surface area contributed by atoms with E-state index in [1.165, 1.54) is 33.5 Å². The van der Waals surface area contributed by atoms with Crippen molar-refractivity contribution in [1.82, 2.24) is 0 Å². The molecule has 0 heterocycles. The molecule has 0 aliphatic carbocycles. The van der Waals surface area contributed by atoms with E-state index < -0.39 is 0 Å². The van der Waals surface area contributed by atoms with Crippen LogP contribution in [-0.4, -0.2) is 31.5 Å². The fourth-order valence-electron chi connectivity index (χ4n) is 2.19. The van der Waals surface area contributed by atoms with E-state index in [2.05, 4.69) is 31.9 Å². The van der Waals surface area contributed by atoms with Crippen LogP contribution in [0.2, 0.25) is 0 Å². The first-order chi connectivity index (χ1) is 10.4. The number of hydrogen-bond donors (Lipinski definition) is 2. The van der Waals surface area contributed by atoms with Gasteiger partial charge in [-0.25, -0.2) is 0 Å². The van der Waals surface area contributed by atoms with E-state index in [1.807, 2.05) is 0 Å². The SMILES string of the molecule is COc1cc(O)c(-c2c(O)cc(Br)cc2Br)c(OC)c1OC. The Morgan fingerprint density at radius 1 is 0.773 bits per heavy atom. The van der Waals surface area contributed by atoms with Crippen LogP contribution in [0, 0.1) is 0 Å². The van der Waals surface area contributed by atoms with Gasteiger partial charge >= 0.3 is 0 Å². The van der Waals surface area contributed by atoms with Crippen molar-refractivity contribution in [1.29, 1.82) is 0 Å². The number of phenolic OH excluding ortho intramolecular Hbond substituents is 2. The van der Waals surface area contributed by atoms with Crippen LogP contribution in [0.3, 0.4) is 0 Å². The zero-order valence-electron chi connectivity index (χ0n) is 12.1. The van der Waals surface area contributed by atoms with Crippen LogP contribution in [0.4, 0.5) is 0 Å². The summed E-state index contributed by atoms with van der Waals surface area (Å²) in [5.41, 5.74) is 0.690. The molecule has 2 aromatic carbocycles. The van der Waals surface area contributed by atoms with Crippen molar-refractivity contribution in [3.8, 4) is 39.9 Å². The van der Waals surface area contributed by atoms with Crippen molar-refractivity contribution in [2.75, 3.05) is 21.3 Å². The van der Waals surface area contributed by atoms with E-state index in [4.69, 9.17) is 14.2 Å². The summed E-state index contributed by atoms with van der Waals surface area (Å²) in [5.74, 6) is 0.785. The summed E-state index contributed by atoms with van der Waals surface area (Å²) < 4.78 is 17.1. The highest BCUT2D eigenvalue weighted by molar-refractivity contribution is 9.11. The monoisotopic (exact) mass is 432 g/mol. The topological polar surface area (TPSA) is 68.2 Å². The van der Waals surface area contributed by atoms with Crippen LogP contribution < -0.4 is 14.2 Å². The number of rotatable bonds is 4. The maximum atomic E-state index is 10.4. The third kappa shape index (κ3) is 2.83. The summed E-state index contributed by atoms with van der Waals surface area (Å²) in [7, 11) is 4.38. The quantitative estimate of drug-likeness (QED) is 0.751. The Morgan fingerprint density at radius 2 is 1.36 bits per heavy atom. The Bertz CT molecular complexity index is 693. The van der Waals surface area contributed by atoms with E-state index in [-0.39, 0.29) is 17.2 Å². The van der Waals surface area contributed by atoms with E-state index in [1.54, 1.807) is 6.07 Å². The number of methoxy groups -OCH3 is 3. The van der Waals surface area contributed by atoms with Crippen LogP contribution in [0.25, 0.3) is 11.1 Å². The molecule has 0 bridgehead atoms. The van der Waals surface area contributed by atoms with Gasteiger partial charge in [-0.3, -0.25) is 0 Å². The van der Waals surface area contributed by atoms with Crippen LogP contribution in [0.1, 0.15) is 0 Å². The Morgan fingerprint density at radius 3 is 1.86 bits per heavy atom. The second-order valence-electron chi connectivity index (χ2n) is 4.32. The fraction of sp³-hybridized carbons (Fsp3) is 0.200. The van der Waals surface area contributed by atoms with Crippen LogP contribution in [0.15, 0.2) is 27.1 Å². The molecule has 0 saturated heterocycles. The van der Waals surface area contributed by atoms with Crippen LogP contribution >= 0.6 is 31.9 Å². The smallest absolute Gasteiger partial charge is 0.204 e. The Kier molecular flexibility index (Phi) is 5.08. The largest absolute Gasteiger partial charge is 0.507 e. The molecular weight excluding hydrogens is 420 g/mol. The van der Waals surface area contributed by atoms with Gasteiger partial charge in [-0.05, 0) is 28.1 Å². The molecule has 2 N–H and O–H groups in total. The molecule has 0 spiro atoms. The molecule has 0 saturated carbocycles. The molecule has 0 aliphatic rings. The Labute approximate surface area is 144 Å². The molecule has 22 heavy (non-hydrogen) atoms. The number of benzene rings is 2. The first-order valence-corrected chi connectivity index (χ1v) is 7.73. The summed E-state index contributed by atoms with van der Waals surface area (Å²) in [4.78, 5) is 0. The van der Waals surface area contributed by atoms with Gasteiger partial charge in [0.25, 0.3) is 0 Å². The molecule has 118 valence electrons. The van der Waals surface area contributed by atoms with Gasteiger partial charge in [0.2, 0.25) is 5.75 Å². The molecule has 7 heteroatoms. The molecule has 2 aromatic rings. The highest BCUT2D eigenvalue weighted by Gasteiger charge is 2.25. The van der Waals surface area contributed by atoms with Gasteiger partial charge in [0, 0.05) is 20.6 Å². The van der Waals surface area contributed by atoms with Crippen molar-refractivity contribution in [3.63, 3.8) is 0 Å². The molecule has 0 fully saturated rings. The van der Waals surface area contributed by atoms with Gasteiger partial charge in [-0.1, -0.05) is 15.9 Å². The van der Waals surface area contributed by atoms with Crippen molar-refractivity contribution in [3.05, 3.63) is 27.1 Å². The van der Waals surface area contributed by atoms with Gasteiger partial charge in [-0.2, -0.15) is 0 Å². The number of phenols is 2. The minimum Gasteiger partial charge on any atom is -0.507 e. The van der Waals surface area contributed by atoms with Crippen molar-refractivity contribution in [2.24, 2.45) is 0 Å². The van der Waals surface area contributed by atoms with Crippen LogP contribution in [-0.2, 0) is 0 Å². The second-order valence-corrected chi connectivity index (χ2v) is 6.09. The molecule has 5 nitrogen and oxygen atoms in total. The van der Waals surface area contributed by atoms with Crippen LogP contribution in [0.5, 0.6) is 28.7 Å². The van der Waals surface area contributed by atoms with Gasteiger partial charge in [-0.15, -0.1) is 0 Å². The number of halogens is 2. The summed E-state index contributed by atoms with van der Waals surface area (Å²) >= 11 is 6.68. The Hall–Kier alpha value is -1.60. The zero-order chi connectivity index (χ0) is 16.4. The standard InChI is InChI=1S/C15H14Br2O5/c1-20-11-6-10(19)13(15(22-3)14(11)21-2)12-8(17)4-7(16)5-9(12)18/h4-6,18-19H,1-3H3. The minimum absolute atomic E-state index is 0.0259. The average molecular weight is 434 g/mol. The fourth-order valence-corrected chi connectivity index (χ4v) is 3.59. The normalized spacial score (nSPS) is 10.4. The third-order valence-corrected chi connectivity index (χ3v) is 4.18. The lowest BCUT2D eigenvalue weighted by molar-refractivity contribution is 0.321. The zero-order valence-corrected chi connectivity index (χ0v) is 15.3. The predicted octanol–water partition coefficient (Wildman–Crippen LogP) is 4.32. The predicted molar refractivity (Wildman–Crippen MR) is 90.3 cm³/mol.